The third kappa shape index (κ3) is 6.75. The summed E-state index contributed by atoms with van der Waals surface area (Å²) in [6.45, 7) is 1.74. The number of hydrogen-bond donors (Lipinski definition) is 2. The molecule has 2 aromatic rings. The Balaban J connectivity index is 1.41. The number of carbonyl (C=O) groups is 2. The summed E-state index contributed by atoms with van der Waals surface area (Å²) in [7, 11) is 0. The lowest BCUT2D eigenvalue weighted by Crippen LogP contribution is -2.42. The maximum atomic E-state index is 13.3. The molecule has 1 saturated heterocycles. The molecule has 0 saturated carbocycles. The molecule has 1 aliphatic heterocycles. The summed E-state index contributed by atoms with van der Waals surface area (Å²) in [5.41, 5.74) is 1.44. The number of carbonyl (C=O) groups excluding carboxylic acids is 2. The molecule has 2 N–H and O–H groups in total. The van der Waals surface area contributed by atoms with Crippen molar-refractivity contribution in [2.24, 2.45) is 5.92 Å². The predicted octanol–water partition coefficient (Wildman–Crippen LogP) is 4.82. The van der Waals surface area contributed by atoms with Gasteiger partial charge in [-0.25, -0.2) is 9.18 Å². The van der Waals surface area contributed by atoms with Crippen LogP contribution in [0.15, 0.2) is 48.5 Å². The smallest absolute Gasteiger partial charge is 0.321 e. The molecule has 0 aliphatic carbocycles. The molecule has 2 aromatic carbocycles. The van der Waals surface area contributed by atoms with E-state index in [1.807, 2.05) is 12.1 Å². The van der Waals surface area contributed by atoms with Crippen molar-refractivity contribution in [1.82, 2.24) is 10.2 Å². The number of benzene rings is 2. The number of nitrogens with one attached hydrogen (secondary N) is 2. The summed E-state index contributed by atoms with van der Waals surface area (Å²) in [5.74, 6) is -0.103. The largest absolute Gasteiger partial charge is 0.352 e. The Kier molecular flexibility index (Phi) is 7.47. The summed E-state index contributed by atoms with van der Waals surface area (Å²) < 4.78 is 13.3. The minimum Gasteiger partial charge on any atom is -0.352 e. The Morgan fingerprint density at radius 2 is 1.97 bits per heavy atom. The molecule has 7 heteroatoms. The van der Waals surface area contributed by atoms with Crippen LogP contribution in [0, 0.1) is 11.7 Å². The average molecular weight is 418 g/mol. The second-order valence-corrected chi connectivity index (χ2v) is 7.77. The first-order valence-electron chi connectivity index (χ1n) is 9.82. The second-order valence-electron chi connectivity index (χ2n) is 7.34. The first-order valence-corrected chi connectivity index (χ1v) is 10.2. The van der Waals surface area contributed by atoms with E-state index in [1.165, 1.54) is 12.1 Å². The van der Waals surface area contributed by atoms with E-state index in [1.54, 1.807) is 29.2 Å². The van der Waals surface area contributed by atoms with Gasteiger partial charge in [-0.1, -0.05) is 29.8 Å². The molecule has 1 heterocycles. The minimum absolute atomic E-state index is 0.00119. The van der Waals surface area contributed by atoms with Gasteiger partial charge >= 0.3 is 6.03 Å². The highest BCUT2D eigenvalue weighted by Crippen LogP contribution is 2.22. The van der Waals surface area contributed by atoms with Crippen LogP contribution < -0.4 is 10.6 Å². The fourth-order valence-electron chi connectivity index (χ4n) is 3.48. The van der Waals surface area contributed by atoms with E-state index < -0.39 is 0 Å². The van der Waals surface area contributed by atoms with Crippen molar-refractivity contribution in [1.29, 1.82) is 0 Å². The van der Waals surface area contributed by atoms with Gasteiger partial charge in [-0.2, -0.15) is 0 Å². The molecule has 1 atom stereocenters. The highest BCUT2D eigenvalue weighted by molar-refractivity contribution is 6.30. The van der Waals surface area contributed by atoms with Crippen molar-refractivity contribution >= 4 is 29.2 Å². The van der Waals surface area contributed by atoms with Crippen molar-refractivity contribution in [3.8, 4) is 0 Å². The van der Waals surface area contributed by atoms with E-state index >= 15 is 0 Å². The first kappa shape index (κ1) is 21.1. The average Bonchev–Trinajstić information content (AvgIpc) is 2.72. The van der Waals surface area contributed by atoms with E-state index in [2.05, 4.69) is 10.6 Å². The van der Waals surface area contributed by atoms with Gasteiger partial charge in [-0.3, -0.25) is 4.79 Å². The van der Waals surface area contributed by atoms with Crippen molar-refractivity contribution in [2.75, 3.05) is 18.4 Å². The number of anilines is 1. The van der Waals surface area contributed by atoms with Crippen molar-refractivity contribution in [3.63, 3.8) is 0 Å². The lowest BCUT2D eigenvalue weighted by molar-refractivity contribution is -0.121. The first-order chi connectivity index (χ1) is 14.0. The number of halogens is 2. The van der Waals surface area contributed by atoms with Crippen molar-refractivity contribution in [2.45, 2.75) is 32.2 Å². The Morgan fingerprint density at radius 1 is 1.17 bits per heavy atom. The third-order valence-corrected chi connectivity index (χ3v) is 5.32. The van der Waals surface area contributed by atoms with Crippen LogP contribution in [0.4, 0.5) is 14.9 Å². The Morgan fingerprint density at radius 3 is 2.72 bits per heavy atom. The predicted molar refractivity (Wildman–Crippen MR) is 112 cm³/mol. The Bertz CT molecular complexity index is 844. The molecule has 3 rings (SSSR count). The fourth-order valence-corrected chi connectivity index (χ4v) is 3.61. The maximum Gasteiger partial charge on any atom is 0.321 e. The molecule has 1 fully saturated rings. The zero-order valence-corrected chi connectivity index (χ0v) is 16.9. The normalized spacial score (nSPS) is 16.3. The van der Waals surface area contributed by atoms with Gasteiger partial charge in [0.1, 0.15) is 5.82 Å². The van der Waals surface area contributed by atoms with Gasteiger partial charge in [0.15, 0.2) is 0 Å². The molecular weight excluding hydrogens is 393 g/mol. The highest BCUT2D eigenvalue weighted by Gasteiger charge is 2.24. The van der Waals surface area contributed by atoms with E-state index in [4.69, 9.17) is 11.6 Å². The van der Waals surface area contributed by atoms with Gasteiger partial charge in [0.25, 0.3) is 0 Å². The molecule has 3 amide bonds. The van der Waals surface area contributed by atoms with E-state index in [-0.39, 0.29) is 23.7 Å². The van der Waals surface area contributed by atoms with Gasteiger partial charge in [0.2, 0.25) is 5.91 Å². The van der Waals surface area contributed by atoms with Crippen LogP contribution in [0.3, 0.4) is 0 Å². The standard InChI is InChI=1S/C22H25ClFN3O2/c23-18-9-6-16(7-10-18)14-25-21(28)11-8-17-3-2-12-27(15-17)22(29)26-20-5-1-4-19(24)13-20/h1,4-7,9-10,13,17H,2-3,8,11-12,14-15H2,(H,25,28)(H,26,29)/t17-/m1/s1. The summed E-state index contributed by atoms with van der Waals surface area (Å²) in [6.07, 6.45) is 3.05. The van der Waals surface area contributed by atoms with Crippen LogP contribution in [0.2, 0.25) is 5.02 Å². The van der Waals surface area contributed by atoms with E-state index in [9.17, 15) is 14.0 Å². The zero-order valence-electron chi connectivity index (χ0n) is 16.2. The number of amides is 3. The highest BCUT2D eigenvalue weighted by atomic mass is 35.5. The molecule has 154 valence electrons. The van der Waals surface area contributed by atoms with Crippen LogP contribution in [0.5, 0.6) is 0 Å². The molecule has 0 aromatic heterocycles. The van der Waals surface area contributed by atoms with Crippen molar-refractivity contribution < 1.29 is 14.0 Å². The number of rotatable bonds is 6. The molecule has 0 bridgehead atoms. The SMILES string of the molecule is O=C(CC[C@H]1CCCN(C(=O)Nc2cccc(F)c2)C1)NCc1ccc(Cl)cc1. The molecule has 0 unspecified atom stereocenters. The van der Waals surface area contributed by atoms with Crippen LogP contribution >= 0.6 is 11.6 Å². The molecule has 1 aliphatic rings. The third-order valence-electron chi connectivity index (χ3n) is 5.06. The van der Waals surface area contributed by atoms with Crippen LogP contribution in [-0.2, 0) is 11.3 Å². The maximum absolute atomic E-state index is 13.3. The molecule has 0 spiro atoms. The fraction of sp³-hybridized carbons (Fsp3) is 0.364. The topological polar surface area (TPSA) is 61.4 Å². The summed E-state index contributed by atoms with van der Waals surface area (Å²) in [5, 5.41) is 6.33. The van der Waals surface area contributed by atoms with E-state index in [0.29, 0.717) is 36.8 Å². The van der Waals surface area contributed by atoms with Crippen LogP contribution in [-0.4, -0.2) is 29.9 Å². The van der Waals surface area contributed by atoms with Gasteiger partial charge in [0.05, 0.1) is 0 Å². The minimum atomic E-state index is -0.385. The van der Waals surface area contributed by atoms with Gasteiger partial charge in [0, 0.05) is 36.8 Å². The van der Waals surface area contributed by atoms with Gasteiger partial charge in [-0.05, 0) is 61.1 Å². The van der Waals surface area contributed by atoms with E-state index in [0.717, 1.165) is 24.8 Å². The number of likely N-dealkylation sites (tertiary alicyclic amines) is 1. The number of hydrogen-bond acceptors (Lipinski definition) is 2. The number of nitrogens with zero attached hydrogens (tertiary/aromatic N) is 1. The van der Waals surface area contributed by atoms with Gasteiger partial charge in [-0.15, -0.1) is 0 Å². The van der Waals surface area contributed by atoms with Gasteiger partial charge < -0.3 is 15.5 Å². The number of piperidine rings is 1. The quantitative estimate of drug-likeness (QED) is 0.707. The summed E-state index contributed by atoms with van der Waals surface area (Å²) in [4.78, 5) is 26.3. The molecule has 29 heavy (non-hydrogen) atoms. The lowest BCUT2D eigenvalue weighted by Gasteiger charge is -2.32. The molecule has 0 radical (unpaired) electrons. The Labute approximate surface area is 175 Å². The second kappa shape index (κ2) is 10.3. The summed E-state index contributed by atoms with van der Waals surface area (Å²) in [6, 6.07) is 13.0. The Hall–Kier alpha value is -2.60. The van der Waals surface area contributed by atoms with Crippen molar-refractivity contribution in [3.05, 3.63) is 64.9 Å². The van der Waals surface area contributed by atoms with Crippen LogP contribution in [0.25, 0.3) is 0 Å². The number of urea groups is 1. The lowest BCUT2D eigenvalue weighted by atomic mass is 9.93. The van der Waals surface area contributed by atoms with Crippen LogP contribution in [0.1, 0.15) is 31.2 Å². The zero-order chi connectivity index (χ0) is 20.6. The summed E-state index contributed by atoms with van der Waals surface area (Å²) >= 11 is 5.86. The monoisotopic (exact) mass is 417 g/mol. The molecule has 5 nitrogen and oxygen atoms in total. The molecular formula is C22H25ClFN3O2.